The summed E-state index contributed by atoms with van der Waals surface area (Å²) < 4.78 is 2.09. The minimum Gasteiger partial charge on any atom is -0.388 e. The minimum atomic E-state index is 0.970. The van der Waals surface area contributed by atoms with E-state index in [0.29, 0.717) is 0 Å². The minimum absolute atomic E-state index is 0.970. The van der Waals surface area contributed by atoms with Crippen LogP contribution in [-0.4, -0.2) is 16.4 Å². The van der Waals surface area contributed by atoms with Gasteiger partial charge in [-0.25, -0.2) is 4.98 Å². The molecule has 2 aromatic heterocycles. The van der Waals surface area contributed by atoms with Crippen LogP contribution in [0.15, 0.2) is 54.9 Å². The van der Waals surface area contributed by atoms with Gasteiger partial charge in [-0.05, 0) is 24.3 Å². The van der Waals surface area contributed by atoms with E-state index in [2.05, 4.69) is 32.9 Å². The van der Waals surface area contributed by atoms with Crippen LogP contribution in [-0.2, 0) is 0 Å². The summed E-state index contributed by atoms with van der Waals surface area (Å²) in [6, 6.07) is 14.3. The Morgan fingerprint density at radius 3 is 2.94 bits per heavy atom. The topological polar surface area (TPSA) is 29.3 Å². The zero-order valence-corrected chi connectivity index (χ0v) is 9.59. The number of aromatic nitrogens is 2. The highest BCUT2D eigenvalue weighted by atomic mass is 15.0. The van der Waals surface area contributed by atoms with Crippen LogP contribution < -0.4 is 5.32 Å². The number of imidazole rings is 1. The maximum Gasteiger partial charge on any atom is 0.144 e. The van der Waals surface area contributed by atoms with Crippen molar-refractivity contribution in [2.75, 3.05) is 12.4 Å². The average molecular weight is 223 g/mol. The molecule has 1 N–H and O–H groups in total. The second kappa shape index (κ2) is 3.94. The molecule has 1 aromatic carbocycles. The second-order valence-corrected chi connectivity index (χ2v) is 3.91. The van der Waals surface area contributed by atoms with Gasteiger partial charge in [0.25, 0.3) is 0 Å². The third-order valence-corrected chi connectivity index (χ3v) is 2.85. The number of nitrogens with one attached hydrogen (secondary N) is 1. The number of hydrogen-bond donors (Lipinski definition) is 1. The molecular formula is C14H13N3. The van der Waals surface area contributed by atoms with Crippen LogP contribution in [0.2, 0.25) is 0 Å². The Labute approximate surface area is 99.7 Å². The Bertz CT molecular complexity index is 655. The molecule has 0 radical (unpaired) electrons. The lowest BCUT2D eigenvalue weighted by atomic mass is 10.2. The van der Waals surface area contributed by atoms with Crippen LogP contribution in [0.4, 0.5) is 5.69 Å². The lowest BCUT2D eigenvalue weighted by molar-refractivity contribution is 1.16. The van der Waals surface area contributed by atoms with Crippen molar-refractivity contribution < 1.29 is 0 Å². The molecule has 0 atom stereocenters. The van der Waals surface area contributed by atoms with Crippen molar-refractivity contribution in [3.63, 3.8) is 0 Å². The molecule has 0 amide bonds. The van der Waals surface area contributed by atoms with Gasteiger partial charge in [0.1, 0.15) is 5.82 Å². The molecule has 3 heteroatoms. The predicted molar refractivity (Wildman–Crippen MR) is 70.2 cm³/mol. The molecule has 0 bridgehead atoms. The summed E-state index contributed by atoms with van der Waals surface area (Å²) in [5, 5.41) is 3.14. The normalized spacial score (nSPS) is 10.6. The van der Waals surface area contributed by atoms with E-state index in [9.17, 15) is 0 Å². The van der Waals surface area contributed by atoms with Crippen LogP contribution in [0, 0.1) is 0 Å². The quantitative estimate of drug-likeness (QED) is 0.723. The first-order valence-electron chi connectivity index (χ1n) is 5.59. The number of pyridine rings is 1. The number of hydrogen-bond acceptors (Lipinski definition) is 2. The Hall–Kier alpha value is -2.29. The molecule has 0 fully saturated rings. The van der Waals surface area contributed by atoms with E-state index < -0.39 is 0 Å². The van der Waals surface area contributed by atoms with E-state index in [4.69, 9.17) is 0 Å². The van der Waals surface area contributed by atoms with Gasteiger partial charge in [-0.2, -0.15) is 0 Å². The lowest BCUT2D eigenvalue weighted by Crippen LogP contribution is -1.91. The Morgan fingerprint density at radius 1 is 1.12 bits per heavy atom. The van der Waals surface area contributed by atoms with E-state index >= 15 is 0 Å². The predicted octanol–water partition coefficient (Wildman–Crippen LogP) is 3.04. The molecule has 3 nitrogen and oxygen atoms in total. The maximum absolute atomic E-state index is 4.48. The van der Waals surface area contributed by atoms with Crippen molar-refractivity contribution >= 4 is 11.2 Å². The zero-order valence-electron chi connectivity index (χ0n) is 9.59. The molecule has 3 aromatic rings. The molecule has 0 aliphatic rings. The SMILES string of the molecule is CNc1cccc(-c2ncc3ccccn23)c1. The van der Waals surface area contributed by atoms with Crippen LogP contribution in [0.1, 0.15) is 0 Å². The first-order chi connectivity index (χ1) is 8.38. The van der Waals surface area contributed by atoms with Crippen LogP contribution in [0.25, 0.3) is 16.9 Å². The maximum atomic E-state index is 4.48. The van der Waals surface area contributed by atoms with Gasteiger partial charge in [-0.15, -0.1) is 0 Å². The summed E-state index contributed by atoms with van der Waals surface area (Å²) in [4.78, 5) is 4.48. The highest BCUT2D eigenvalue weighted by Gasteiger charge is 2.05. The molecule has 0 aliphatic carbocycles. The number of benzene rings is 1. The monoisotopic (exact) mass is 223 g/mol. The fourth-order valence-electron chi connectivity index (χ4n) is 1.97. The van der Waals surface area contributed by atoms with Gasteiger partial charge in [-0.1, -0.05) is 18.2 Å². The van der Waals surface area contributed by atoms with Gasteiger partial charge < -0.3 is 5.32 Å². The zero-order chi connectivity index (χ0) is 11.7. The van der Waals surface area contributed by atoms with Crippen molar-refractivity contribution in [1.29, 1.82) is 0 Å². The standard InChI is InChI=1S/C14H13N3/c1-15-12-6-4-5-11(9-12)14-16-10-13-7-2-3-8-17(13)14/h2-10,15H,1H3. The van der Waals surface area contributed by atoms with Crippen LogP contribution >= 0.6 is 0 Å². The van der Waals surface area contributed by atoms with Gasteiger partial charge in [0.05, 0.1) is 11.7 Å². The molecular weight excluding hydrogens is 210 g/mol. The number of nitrogens with zero attached hydrogens (tertiary/aromatic N) is 2. The van der Waals surface area contributed by atoms with Crippen LogP contribution in [0.3, 0.4) is 0 Å². The average Bonchev–Trinajstić information content (AvgIpc) is 2.82. The van der Waals surface area contributed by atoms with Gasteiger partial charge in [0.2, 0.25) is 0 Å². The fourth-order valence-corrected chi connectivity index (χ4v) is 1.97. The van der Waals surface area contributed by atoms with Crippen LogP contribution in [0.5, 0.6) is 0 Å². The largest absolute Gasteiger partial charge is 0.388 e. The molecule has 0 spiro atoms. The molecule has 0 saturated heterocycles. The Morgan fingerprint density at radius 2 is 2.06 bits per heavy atom. The first-order valence-corrected chi connectivity index (χ1v) is 5.59. The molecule has 2 heterocycles. The summed E-state index contributed by atoms with van der Waals surface area (Å²) >= 11 is 0. The molecule has 3 rings (SSSR count). The van der Waals surface area contributed by atoms with E-state index in [1.54, 1.807) is 0 Å². The van der Waals surface area contributed by atoms with Crippen molar-refractivity contribution in [3.8, 4) is 11.4 Å². The highest BCUT2D eigenvalue weighted by Crippen LogP contribution is 2.22. The van der Waals surface area contributed by atoms with Gasteiger partial charge >= 0.3 is 0 Å². The van der Waals surface area contributed by atoms with Crippen molar-refractivity contribution in [2.45, 2.75) is 0 Å². The number of rotatable bonds is 2. The molecule has 0 unspecified atom stereocenters. The smallest absolute Gasteiger partial charge is 0.144 e. The van der Waals surface area contributed by atoms with E-state index in [-0.39, 0.29) is 0 Å². The summed E-state index contributed by atoms with van der Waals surface area (Å²) in [5.41, 5.74) is 3.32. The van der Waals surface area contributed by atoms with E-state index in [1.807, 2.05) is 43.7 Å². The fraction of sp³-hybridized carbons (Fsp3) is 0.0714. The van der Waals surface area contributed by atoms with Gasteiger partial charge in [0.15, 0.2) is 0 Å². The highest BCUT2D eigenvalue weighted by molar-refractivity contribution is 5.66. The Balaban J connectivity index is 2.20. The van der Waals surface area contributed by atoms with Crippen molar-refractivity contribution in [1.82, 2.24) is 9.38 Å². The second-order valence-electron chi connectivity index (χ2n) is 3.91. The molecule has 84 valence electrons. The van der Waals surface area contributed by atoms with Crippen molar-refractivity contribution in [3.05, 3.63) is 54.9 Å². The number of anilines is 1. The Kier molecular flexibility index (Phi) is 2.29. The summed E-state index contributed by atoms with van der Waals surface area (Å²) in [7, 11) is 1.92. The third kappa shape index (κ3) is 1.65. The number of fused-ring (bicyclic) bond motifs is 1. The third-order valence-electron chi connectivity index (χ3n) is 2.85. The van der Waals surface area contributed by atoms with E-state index in [0.717, 1.165) is 22.6 Å². The first kappa shape index (κ1) is 9.90. The van der Waals surface area contributed by atoms with Gasteiger partial charge in [-0.3, -0.25) is 4.40 Å². The molecule has 0 saturated carbocycles. The van der Waals surface area contributed by atoms with E-state index in [1.165, 1.54) is 0 Å². The summed E-state index contributed by atoms with van der Waals surface area (Å²) in [6.45, 7) is 0. The van der Waals surface area contributed by atoms with Gasteiger partial charge in [0, 0.05) is 24.5 Å². The lowest BCUT2D eigenvalue weighted by Gasteiger charge is -2.04. The summed E-state index contributed by atoms with van der Waals surface area (Å²) in [6.07, 6.45) is 3.92. The molecule has 17 heavy (non-hydrogen) atoms. The summed E-state index contributed by atoms with van der Waals surface area (Å²) in [5.74, 6) is 0.970. The van der Waals surface area contributed by atoms with Crippen molar-refractivity contribution in [2.24, 2.45) is 0 Å². The molecule has 0 aliphatic heterocycles.